The number of imidazole rings is 1. The van der Waals surface area contributed by atoms with Crippen LogP contribution >= 0.6 is 11.6 Å². The van der Waals surface area contributed by atoms with Gasteiger partial charge in [-0.2, -0.15) is 0 Å². The lowest BCUT2D eigenvalue weighted by Gasteiger charge is -2.11. The summed E-state index contributed by atoms with van der Waals surface area (Å²) in [5.74, 6) is 1.25. The van der Waals surface area contributed by atoms with Gasteiger partial charge in [0.25, 0.3) is 0 Å². The number of rotatable bonds is 6. The average Bonchev–Trinajstić information content (AvgIpc) is 3.07. The Morgan fingerprint density at radius 2 is 1.76 bits per heavy atom. The smallest absolute Gasteiger partial charge is 0.244 e. The van der Waals surface area contributed by atoms with Crippen molar-refractivity contribution in [1.82, 2.24) is 9.55 Å². The van der Waals surface area contributed by atoms with E-state index >= 15 is 0 Å². The maximum absolute atomic E-state index is 12.7. The van der Waals surface area contributed by atoms with Gasteiger partial charge in [0.1, 0.15) is 24.7 Å². The summed E-state index contributed by atoms with van der Waals surface area (Å²) in [6.45, 7) is 2.40. The van der Waals surface area contributed by atoms with Crippen molar-refractivity contribution < 1.29 is 9.53 Å². The molecule has 5 nitrogen and oxygen atoms in total. The molecule has 6 heteroatoms. The lowest BCUT2D eigenvalue weighted by molar-refractivity contribution is -0.116. The van der Waals surface area contributed by atoms with Crippen LogP contribution in [0.2, 0.25) is 5.02 Å². The zero-order valence-electron chi connectivity index (χ0n) is 15.9. The van der Waals surface area contributed by atoms with Gasteiger partial charge in [-0.3, -0.25) is 4.79 Å². The molecular weight excluding hydrogens is 386 g/mol. The maximum atomic E-state index is 12.7. The maximum Gasteiger partial charge on any atom is 0.244 e. The number of carbonyl (C=O) groups is 1. The fraction of sp³-hybridized carbons (Fsp3) is 0.130. The molecule has 0 radical (unpaired) electrons. The lowest BCUT2D eigenvalue weighted by atomic mass is 10.2. The molecule has 0 aliphatic carbocycles. The third-order valence-corrected chi connectivity index (χ3v) is 4.80. The summed E-state index contributed by atoms with van der Waals surface area (Å²) in [6.07, 6.45) is 0. The Labute approximate surface area is 173 Å². The summed E-state index contributed by atoms with van der Waals surface area (Å²) >= 11 is 5.92. The predicted molar refractivity (Wildman–Crippen MR) is 115 cm³/mol. The second kappa shape index (κ2) is 8.37. The van der Waals surface area contributed by atoms with Gasteiger partial charge in [-0.25, -0.2) is 4.98 Å². The van der Waals surface area contributed by atoms with Gasteiger partial charge < -0.3 is 14.6 Å². The Morgan fingerprint density at radius 3 is 2.52 bits per heavy atom. The molecule has 1 N–H and O–H groups in total. The minimum absolute atomic E-state index is 0.121. The van der Waals surface area contributed by atoms with Gasteiger partial charge in [-0.05, 0) is 55.5 Å². The van der Waals surface area contributed by atoms with Crippen LogP contribution in [0.15, 0.2) is 72.8 Å². The number of anilines is 1. The molecule has 0 unspecified atom stereocenters. The molecule has 0 spiro atoms. The van der Waals surface area contributed by atoms with Gasteiger partial charge in [0.15, 0.2) is 0 Å². The highest BCUT2D eigenvalue weighted by molar-refractivity contribution is 6.30. The number of carbonyl (C=O) groups excluding carboxylic acids is 1. The van der Waals surface area contributed by atoms with E-state index in [4.69, 9.17) is 16.3 Å². The molecule has 3 aromatic carbocycles. The van der Waals surface area contributed by atoms with Crippen molar-refractivity contribution in [3.63, 3.8) is 0 Å². The van der Waals surface area contributed by atoms with E-state index in [0.717, 1.165) is 22.3 Å². The Kier molecular flexibility index (Phi) is 5.49. The van der Waals surface area contributed by atoms with E-state index in [9.17, 15) is 4.79 Å². The first-order valence-electron chi connectivity index (χ1n) is 9.27. The van der Waals surface area contributed by atoms with Crippen LogP contribution in [0.3, 0.4) is 0 Å². The predicted octanol–water partition coefficient (Wildman–Crippen LogP) is 5.22. The minimum Gasteiger partial charge on any atom is -0.486 e. The van der Waals surface area contributed by atoms with Crippen LogP contribution in [0.4, 0.5) is 5.69 Å². The highest BCUT2D eigenvalue weighted by atomic mass is 35.5. The second-order valence-corrected chi connectivity index (χ2v) is 7.20. The molecule has 0 bridgehead atoms. The highest BCUT2D eigenvalue weighted by Crippen LogP contribution is 2.20. The fourth-order valence-electron chi connectivity index (χ4n) is 3.07. The summed E-state index contributed by atoms with van der Waals surface area (Å²) in [4.78, 5) is 17.3. The van der Waals surface area contributed by atoms with E-state index in [1.54, 1.807) is 24.3 Å². The van der Waals surface area contributed by atoms with Crippen LogP contribution in [0, 0.1) is 6.92 Å². The lowest BCUT2D eigenvalue weighted by Crippen LogP contribution is -2.20. The molecule has 0 saturated heterocycles. The van der Waals surface area contributed by atoms with Crippen molar-refractivity contribution in [3.05, 3.63) is 89.2 Å². The standard InChI is InChI=1S/C23H20ClN3O2/c1-16-6-10-18(11-7-16)25-23(28)14-27-21-5-3-2-4-20(21)26-22(27)15-29-19-12-8-17(24)9-13-19/h2-13H,14-15H2,1H3,(H,25,28). The number of nitrogens with one attached hydrogen (secondary N) is 1. The summed E-state index contributed by atoms with van der Waals surface area (Å²) in [5, 5.41) is 3.59. The number of hydrogen-bond acceptors (Lipinski definition) is 3. The largest absolute Gasteiger partial charge is 0.486 e. The number of aromatic nitrogens is 2. The van der Waals surface area contributed by atoms with Crippen LogP contribution in [-0.4, -0.2) is 15.5 Å². The number of ether oxygens (including phenoxy) is 1. The molecule has 0 saturated carbocycles. The number of fused-ring (bicyclic) bond motifs is 1. The summed E-state index contributed by atoms with van der Waals surface area (Å²) < 4.78 is 7.74. The van der Waals surface area contributed by atoms with Crippen molar-refractivity contribution in [2.75, 3.05) is 5.32 Å². The molecule has 1 amide bonds. The molecule has 0 aliphatic heterocycles. The van der Waals surface area contributed by atoms with E-state index in [2.05, 4.69) is 10.3 Å². The SMILES string of the molecule is Cc1ccc(NC(=O)Cn2c(COc3ccc(Cl)cc3)nc3ccccc32)cc1. The van der Waals surface area contributed by atoms with E-state index in [0.29, 0.717) is 16.6 Å². The van der Waals surface area contributed by atoms with Crippen LogP contribution in [0.1, 0.15) is 11.4 Å². The fourth-order valence-corrected chi connectivity index (χ4v) is 3.20. The van der Waals surface area contributed by atoms with Crippen LogP contribution in [0.25, 0.3) is 11.0 Å². The third-order valence-electron chi connectivity index (χ3n) is 4.55. The molecule has 4 aromatic rings. The number of benzene rings is 3. The average molecular weight is 406 g/mol. The Bertz CT molecular complexity index is 1140. The molecule has 146 valence electrons. The van der Waals surface area contributed by atoms with Crippen molar-refractivity contribution in [2.24, 2.45) is 0 Å². The first-order valence-corrected chi connectivity index (χ1v) is 9.65. The Morgan fingerprint density at radius 1 is 1.03 bits per heavy atom. The number of nitrogens with zero attached hydrogens (tertiary/aromatic N) is 2. The van der Waals surface area contributed by atoms with Crippen molar-refractivity contribution >= 4 is 34.2 Å². The first kappa shape index (κ1) is 19.0. The van der Waals surface area contributed by atoms with E-state index in [1.807, 2.05) is 60.0 Å². The van der Waals surface area contributed by atoms with Crippen LogP contribution in [-0.2, 0) is 17.9 Å². The zero-order valence-corrected chi connectivity index (χ0v) is 16.7. The molecule has 0 atom stereocenters. The Balaban J connectivity index is 1.55. The quantitative estimate of drug-likeness (QED) is 0.478. The molecule has 0 fully saturated rings. The molecule has 1 heterocycles. The number of hydrogen-bond donors (Lipinski definition) is 1. The molecule has 0 aliphatic rings. The van der Waals surface area contributed by atoms with Crippen molar-refractivity contribution in [2.45, 2.75) is 20.1 Å². The minimum atomic E-state index is -0.121. The van der Waals surface area contributed by atoms with Gasteiger partial charge in [-0.1, -0.05) is 41.4 Å². The van der Waals surface area contributed by atoms with E-state index in [1.165, 1.54) is 0 Å². The summed E-state index contributed by atoms with van der Waals surface area (Å²) in [7, 11) is 0. The van der Waals surface area contributed by atoms with Crippen molar-refractivity contribution in [3.8, 4) is 5.75 Å². The van der Waals surface area contributed by atoms with Gasteiger partial charge in [-0.15, -0.1) is 0 Å². The van der Waals surface area contributed by atoms with Crippen LogP contribution in [0.5, 0.6) is 5.75 Å². The zero-order chi connectivity index (χ0) is 20.2. The molecule has 29 heavy (non-hydrogen) atoms. The number of para-hydroxylation sites is 2. The van der Waals surface area contributed by atoms with E-state index < -0.39 is 0 Å². The topological polar surface area (TPSA) is 56.2 Å². The summed E-state index contributed by atoms with van der Waals surface area (Å²) in [5.41, 5.74) is 3.63. The number of halogens is 1. The van der Waals surface area contributed by atoms with Crippen LogP contribution < -0.4 is 10.1 Å². The van der Waals surface area contributed by atoms with Gasteiger partial charge in [0, 0.05) is 10.7 Å². The highest BCUT2D eigenvalue weighted by Gasteiger charge is 2.14. The molecular formula is C23H20ClN3O2. The normalized spacial score (nSPS) is 10.8. The Hall–Kier alpha value is -3.31. The molecule has 4 rings (SSSR count). The second-order valence-electron chi connectivity index (χ2n) is 6.76. The summed E-state index contributed by atoms with van der Waals surface area (Å²) in [6, 6.07) is 22.6. The monoisotopic (exact) mass is 405 g/mol. The third kappa shape index (κ3) is 4.58. The van der Waals surface area contributed by atoms with Gasteiger partial charge in [0.2, 0.25) is 5.91 Å². The van der Waals surface area contributed by atoms with Gasteiger partial charge >= 0.3 is 0 Å². The van der Waals surface area contributed by atoms with Gasteiger partial charge in [0.05, 0.1) is 11.0 Å². The molecule has 1 aromatic heterocycles. The number of aryl methyl sites for hydroxylation is 1. The first-order chi connectivity index (χ1) is 14.1. The van der Waals surface area contributed by atoms with Crippen molar-refractivity contribution in [1.29, 1.82) is 0 Å². The number of amides is 1. The van der Waals surface area contributed by atoms with E-state index in [-0.39, 0.29) is 19.1 Å².